The van der Waals surface area contributed by atoms with Crippen LogP contribution >= 0.6 is 0 Å². The average Bonchev–Trinajstić information content (AvgIpc) is 2.61. The van der Waals surface area contributed by atoms with Crippen LogP contribution in [0.5, 0.6) is 5.88 Å². The summed E-state index contributed by atoms with van der Waals surface area (Å²) < 4.78 is 5.77. The second-order valence-electron chi connectivity index (χ2n) is 5.89. The fourth-order valence-corrected chi connectivity index (χ4v) is 2.37. The molecule has 0 spiro atoms. The van der Waals surface area contributed by atoms with Crippen molar-refractivity contribution in [2.45, 2.75) is 26.5 Å². The zero-order chi connectivity index (χ0) is 16.8. The second-order valence-corrected chi connectivity index (χ2v) is 5.89. The van der Waals surface area contributed by atoms with Gasteiger partial charge in [0.15, 0.2) is 0 Å². The predicted molar refractivity (Wildman–Crippen MR) is 97.0 cm³/mol. The van der Waals surface area contributed by atoms with Crippen LogP contribution < -0.4 is 10.1 Å². The zero-order valence-corrected chi connectivity index (χ0v) is 13.9. The molecule has 0 aliphatic heterocycles. The maximum Gasteiger partial charge on any atom is 0.218 e. The van der Waals surface area contributed by atoms with Crippen LogP contribution in [-0.4, -0.2) is 16.0 Å². The van der Waals surface area contributed by atoms with E-state index in [9.17, 15) is 0 Å². The van der Waals surface area contributed by atoms with Crippen molar-refractivity contribution in [3.05, 3.63) is 72.6 Å². The normalized spacial score (nSPS) is 10.6. The third-order valence-corrected chi connectivity index (χ3v) is 3.53. The number of hydrogen-bond donors (Lipinski definition) is 1. The highest BCUT2D eigenvalue weighted by Gasteiger charge is 2.03. The molecule has 2 aromatic carbocycles. The molecule has 1 N–H and O–H groups in total. The minimum atomic E-state index is 0.318. The summed E-state index contributed by atoms with van der Waals surface area (Å²) in [6, 6.07) is 20.8. The molecule has 3 aromatic rings. The van der Waals surface area contributed by atoms with E-state index in [1.165, 1.54) is 17.5 Å². The van der Waals surface area contributed by atoms with Crippen molar-refractivity contribution in [2.75, 3.05) is 5.32 Å². The molecule has 4 nitrogen and oxygen atoms in total. The lowest BCUT2D eigenvalue weighted by atomic mass is 10.0. The molecule has 0 aliphatic rings. The van der Waals surface area contributed by atoms with Crippen molar-refractivity contribution in [1.29, 1.82) is 0 Å². The predicted octanol–water partition coefficient (Wildman–Crippen LogP) is 4.54. The van der Waals surface area contributed by atoms with Crippen LogP contribution in [0.4, 0.5) is 5.82 Å². The Bertz CT molecular complexity index is 770. The molecule has 24 heavy (non-hydrogen) atoms. The zero-order valence-electron chi connectivity index (χ0n) is 13.9. The Balaban J connectivity index is 1.63. The van der Waals surface area contributed by atoms with E-state index in [-0.39, 0.29) is 0 Å². The molecule has 122 valence electrons. The molecule has 0 bridgehead atoms. The van der Waals surface area contributed by atoms with Crippen LogP contribution in [0, 0.1) is 0 Å². The van der Waals surface area contributed by atoms with E-state index >= 15 is 0 Å². The summed E-state index contributed by atoms with van der Waals surface area (Å²) in [5.41, 5.74) is 3.52. The Morgan fingerprint density at radius 3 is 2.33 bits per heavy atom. The van der Waals surface area contributed by atoms with Gasteiger partial charge in [0.05, 0.1) is 0 Å². The van der Waals surface area contributed by atoms with Crippen LogP contribution in [0.1, 0.15) is 19.4 Å². The number of benzene rings is 2. The van der Waals surface area contributed by atoms with Crippen molar-refractivity contribution >= 4 is 5.82 Å². The number of rotatable bonds is 6. The summed E-state index contributed by atoms with van der Waals surface area (Å²) >= 11 is 0. The van der Waals surface area contributed by atoms with Gasteiger partial charge in [0.2, 0.25) is 5.88 Å². The van der Waals surface area contributed by atoms with Crippen molar-refractivity contribution in [2.24, 2.45) is 0 Å². The molecule has 0 atom stereocenters. The summed E-state index contributed by atoms with van der Waals surface area (Å²) in [5.74, 6) is 1.34. The smallest absolute Gasteiger partial charge is 0.218 e. The largest absolute Gasteiger partial charge is 0.473 e. The number of hydrogen-bond acceptors (Lipinski definition) is 4. The highest BCUT2D eigenvalue weighted by atomic mass is 16.5. The minimum Gasteiger partial charge on any atom is -0.473 e. The molecular weight excluding hydrogens is 298 g/mol. The molecule has 0 amide bonds. The first-order valence-corrected chi connectivity index (χ1v) is 8.06. The van der Waals surface area contributed by atoms with Gasteiger partial charge in [-0.1, -0.05) is 54.6 Å². The van der Waals surface area contributed by atoms with E-state index in [1.54, 1.807) is 0 Å². The Kier molecular flexibility index (Phi) is 5.06. The maximum atomic E-state index is 5.77. The van der Waals surface area contributed by atoms with Crippen molar-refractivity contribution in [3.8, 4) is 17.0 Å². The fourth-order valence-electron chi connectivity index (χ4n) is 2.37. The molecule has 3 rings (SSSR count). The molecule has 1 aromatic heterocycles. The summed E-state index contributed by atoms with van der Waals surface area (Å²) in [6.07, 6.45) is 1.51. The van der Waals surface area contributed by atoms with Crippen LogP contribution in [0.25, 0.3) is 11.1 Å². The monoisotopic (exact) mass is 319 g/mol. The lowest BCUT2D eigenvalue weighted by Gasteiger charge is -2.10. The molecule has 0 saturated carbocycles. The third kappa shape index (κ3) is 4.32. The van der Waals surface area contributed by atoms with Crippen molar-refractivity contribution < 1.29 is 4.74 Å². The van der Waals surface area contributed by atoms with Crippen molar-refractivity contribution in [3.63, 3.8) is 0 Å². The molecule has 1 heterocycles. The van der Waals surface area contributed by atoms with Gasteiger partial charge in [0, 0.05) is 12.1 Å². The van der Waals surface area contributed by atoms with Crippen LogP contribution in [0.15, 0.2) is 67.0 Å². The van der Waals surface area contributed by atoms with E-state index < -0.39 is 0 Å². The number of ether oxygens (including phenoxy) is 1. The van der Waals surface area contributed by atoms with E-state index in [0.29, 0.717) is 18.5 Å². The Morgan fingerprint density at radius 1 is 0.917 bits per heavy atom. The first kappa shape index (κ1) is 16.0. The van der Waals surface area contributed by atoms with Crippen LogP contribution in [-0.2, 0) is 6.61 Å². The molecule has 0 saturated heterocycles. The standard InChI is InChI=1S/C20H21N3O/c1-15(2)23-19-12-20(22-14-21-19)24-13-16-8-10-18(11-9-16)17-6-4-3-5-7-17/h3-12,14-15H,13H2,1-2H3,(H,21,22,23). The fraction of sp³-hybridized carbons (Fsp3) is 0.200. The van der Waals surface area contributed by atoms with Gasteiger partial charge in [-0.05, 0) is 30.5 Å². The number of anilines is 1. The van der Waals surface area contributed by atoms with Crippen molar-refractivity contribution in [1.82, 2.24) is 9.97 Å². The summed E-state index contributed by atoms with van der Waals surface area (Å²) in [4.78, 5) is 8.33. The molecule has 4 heteroatoms. The summed E-state index contributed by atoms with van der Waals surface area (Å²) in [7, 11) is 0. The van der Waals surface area contributed by atoms with Gasteiger partial charge < -0.3 is 10.1 Å². The third-order valence-electron chi connectivity index (χ3n) is 3.53. The van der Waals surface area contributed by atoms with Gasteiger partial charge in [0.25, 0.3) is 0 Å². The number of nitrogens with one attached hydrogen (secondary N) is 1. The topological polar surface area (TPSA) is 47.0 Å². The molecule has 0 aliphatic carbocycles. The highest BCUT2D eigenvalue weighted by molar-refractivity contribution is 5.63. The quantitative estimate of drug-likeness (QED) is 0.724. The lowest BCUT2D eigenvalue weighted by molar-refractivity contribution is 0.293. The molecule has 0 unspecified atom stereocenters. The van der Waals surface area contributed by atoms with Gasteiger partial charge >= 0.3 is 0 Å². The van der Waals surface area contributed by atoms with Crippen LogP contribution in [0.2, 0.25) is 0 Å². The van der Waals surface area contributed by atoms with Gasteiger partial charge in [-0.2, -0.15) is 0 Å². The van der Waals surface area contributed by atoms with E-state index in [2.05, 4.69) is 65.5 Å². The van der Waals surface area contributed by atoms with Crippen LogP contribution in [0.3, 0.4) is 0 Å². The van der Waals surface area contributed by atoms with Gasteiger partial charge in [-0.15, -0.1) is 0 Å². The van der Waals surface area contributed by atoms with Gasteiger partial charge in [0.1, 0.15) is 18.8 Å². The van der Waals surface area contributed by atoms with E-state index in [0.717, 1.165) is 11.4 Å². The van der Waals surface area contributed by atoms with E-state index in [4.69, 9.17) is 4.74 Å². The van der Waals surface area contributed by atoms with Gasteiger partial charge in [-0.3, -0.25) is 0 Å². The highest BCUT2D eigenvalue weighted by Crippen LogP contribution is 2.20. The molecular formula is C20H21N3O. The average molecular weight is 319 g/mol. The molecule has 0 fully saturated rings. The number of aromatic nitrogens is 2. The summed E-state index contributed by atoms with van der Waals surface area (Å²) in [5, 5.41) is 3.24. The SMILES string of the molecule is CC(C)Nc1cc(OCc2ccc(-c3ccccc3)cc2)ncn1. The second kappa shape index (κ2) is 7.59. The Hall–Kier alpha value is -2.88. The first-order chi connectivity index (χ1) is 11.7. The number of nitrogens with zero attached hydrogens (tertiary/aromatic N) is 2. The minimum absolute atomic E-state index is 0.318. The lowest BCUT2D eigenvalue weighted by Crippen LogP contribution is -2.11. The Labute approximate surface area is 142 Å². The Morgan fingerprint density at radius 2 is 1.62 bits per heavy atom. The first-order valence-electron chi connectivity index (χ1n) is 8.06. The maximum absolute atomic E-state index is 5.77. The van der Waals surface area contributed by atoms with E-state index in [1.807, 2.05) is 24.3 Å². The van der Waals surface area contributed by atoms with Gasteiger partial charge in [-0.25, -0.2) is 9.97 Å². The summed E-state index contributed by atoms with van der Waals surface area (Å²) in [6.45, 7) is 4.61. The molecule has 0 radical (unpaired) electrons.